The number of thiophene rings is 1. The van der Waals surface area contributed by atoms with Gasteiger partial charge in [0.1, 0.15) is 0 Å². The van der Waals surface area contributed by atoms with E-state index in [2.05, 4.69) is 36.0 Å². The molecule has 1 aromatic rings. The van der Waals surface area contributed by atoms with Crippen molar-refractivity contribution < 1.29 is 5.11 Å². The van der Waals surface area contributed by atoms with E-state index in [9.17, 15) is 0 Å². The molecule has 0 radical (unpaired) electrons. The van der Waals surface area contributed by atoms with E-state index < -0.39 is 0 Å². The first kappa shape index (κ1) is 11.7. The molecular weight excluding hydrogens is 194 g/mol. The van der Waals surface area contributed by atoms with Crippen molar-refractivity contribution in [1.29, 1.82) is 0 Å². The fraction of sp³-hybridized carbons (Fsp3) is 0.636. The van der Waals surface area contributed by atoms with Crippen LogP contribution in [0.1, 0.15) is 25.8 Å². The smallest absolute Gasteiger partial charge is 0.0445 e. The van der Waals surface area contributed by atoms with Crippen LogP contribution < -0.4 is 5.32 Å². The Morgan fingerprint density at radius 3 is 2.79 bits per heavy atom. The van der Waals surface area contributed by atoms with Crippen LogP contribution in [0.3, 0.4) is 0 Å². The summed E-state index contributed by atoms with van der Waals surface area (Å²) in [4.78, 5) is 0. The molecule has 0 saturated carbocycles. The zero-order valence-corrected chi connectivity index (χ0v) is 9.68. The van der Waals surface area contributed by atoms with Crippen molar-refractivity contribution in [3.05, 3.63) is 22.4 Å². The first-order valence-corrected chi connectivity index (χ1v) is 6.04. The maximum absolute atomic E-state index is 8.77. The molecule has 80 valence electrons. The van der Waals surface area contributed by atoms with Crippen molar-refractivity contribution in [2.75, 3.05) is 6.61 Å². The standard InChI is InChI=1S/C11H19NOS/c1-9(3-5-13)12-10(2)7-11-4-6-14-8-11/h4,6,8-10,12-13H,3,5,7H2,1-2H3. The lowest BCUT2D eigenvalue weighted by Crippen LogP contribution is -2.36. The second-order valence-corrected chi connectivity index (χ2v) is 4.60. The Morgan fingerprint density at radius 2 is 2.21 bits per heavy atom. The van der Waals surface area contributed by atoms with Gasteiger partial charge < -0.3 is 10.4 Å². The highest BCUT2D eigenvalue weighted by atomic mass is 32.1. The van der Waals surface area contributed by atoms with Crippen LogP contribution in [0.5, 0.6) is 0 Å². The Morgan fingerprint density at radius 1 is 1.43 bits per heavy atom. The van der Waals surface area contributed by atoms with Gasteiger partial charge in [0.25, 0.3) is 0 Å². The van der Waals surface area contributed by atoms with Crippen LogP contribution in [-0.4, -0.2) is 23.8 Å². The highest BCUT2D eigenvalue weighted by Crippen LogP contribution is 2.09. The molecule has 1 aromatic heterocycles. The average molecular weight is 213 g/mol. The van der Waals surface area contributed by atoms with E-state index in [-0.39, 0.29) is 6.61 Å². The molecule has 2 unspecified atom stereocenters. The predicted molar refractivity (Wildman–Crippen MR) is 61.8 cm³/mol. The summed E-state index contributed by atoms with van der Waals surface area (Å²) in [5.41, 5.74) is 1.39. The van der Waals surface area contributed by atoms with Gasteiger partial charge in [-0.2, -0.15) is 11.3 Å². The molecule has 0 aliphatic carbocycles. The zero-order valence-electron chi connectivity index (χ0n) is 8.86. The third-order valence-corrected chi connectivity index (χ3v) is 2.99. The molecule has 3 heteroatoms. The minimum absolute atomic E-state index is 0.263. The van der Waals surface area contributed by atoms with Crippen molar-refractivity contribution in [2.24, 2.45) is 0 Å². The fourth-order valence-corrected chi connectivity index (χ4v) is 2.27. The second-order valence-electron chi connectivity index (χ2n) is 3.82. The van der Waals surface area contributed by atoms with E-state index in [1.54, 1.807) is 11.3 Å². The van der Waals surface area contributed by atoms with E-state index in [0.29, 0.717) is 12.1 Å². The average Bonchev–Trinajstić information content (AvgIpc) is 2.56. The number of aliphatic hydroxyl groups is 1. The number of nitrogens with one attached hydrogen (secondary N) is 1. The molecule has 0 amide bonds. The van der Waals surface area contributed by atoms with Crippen molar-refractivity contribution in [3.63, 3.8) is 0 Å². The Hall–Kier alpha value is -0.380. The summed E-state index contributed by atoms with van der Waals surface area (Å²) >= 11 is 1.74. The maximum Gasteiger partial charge on any atom is 0.0445 e. The van der Waals surface area contributed by atoms with E-state index in [0.717, 1.165) is 12.8 Å². The molecule has 1 heterocycles. The van der Waals surface area contributed by atoms with Gasteiger partial charge in [-0.25, -0.2) is 0 Å². The lowest BCUT2D eigenvalue weighted by atomic mass is 10.1. The highest BCUT2D eigenvalue weighted by Gasteiger charge is 2.07. The second kappa shape index (κ2) is 6.17. The Bertz CT molecular complexity index is 235. The monoisotopic (exact) mass is 213 g/mol. The van der Waals surface area contributed by atoms with E-state index in [4.69, 9.17) is 5.11 Å². The Labute approximate surface area is 90.0 Å². The summed E-state index contributed by atoms with van der Waals surface area (Å²) in [7, 11) is 0. The molecule has 0 aromatic carbocycles. The highest BCUT2D eigenvalue weighted by molar-refractivity contribution is 7.07. The topological polar surface area (TPSA) is 32.3 Å². The quantitative estimate of drug-likeness (QED) is 0.758. The van der Waals surface area contributed by atoms with Crippen LogP contribution in [0.25, 0.3) is 0 Å². The summed E-state index contributed by atoms with van der Waals surface area (Å²) in [5.74, 6) is 0. The molecule has 0 fully saturated rings. The van der Waals surface area contributed by atoms with Crippen molar-refractivity contribution in [2.45, 2.75) is 38.8 Å². The van der Waals surface area contributed by atoms with Gasteiger partial charge in [-0.05, 0) is 49.1 Å². The van der Waals surface area contributed by atoms with Gasteiger partial charge in [0, 0.05) is 18.7 Å². The first-order valence-electron chi connectivity index (χ1n) is 5.10. The first-order chi connectivity index (χ1) is 6.72. The van der Waals surface area contributed by atoms with Gasteiger partial charge >= 0.3 is 0 Å². The molecule has 2 nitrogen and oxygen atoms in total. The van der Waals surface area contributed by atoms with E-state index >= 15 is 0 Å². The number of aliphatic hydroxyl groups excluding tert-OH is 1. The number of hydrogen-bond donors (Lipinski definition) is 2. The number of hydrogen-bond acceptors (Lipinski definition) is 3. The molecular formula is C11H19NOS. The summed E-state index contributed by atoms with van der Waals surface area (Å²) in [5, 5.41) is 16.5. The minimum atomic E-state index is 0.263. The van der Waals surface area contributed by atoms with E-state index in [1.165, 1.54) is 5.56 Å². The maximum atomic E-state index is 8.77. The normalized spacial score (nSPS) is 15.4. The molecule has 0 spiro atoms. The van der Waals surface area contributed by atoms with Crippen molar-refractivity contribution in [3.8, 4) is 0 Å². The molecule has 2 atom stereocenters. The lowest BCUT2D eigenvalue weighted by molar-refractivity contribution is 0.264. The molecule has 14 heavy (non-hydrogen) atoms. The van der Waals surface area contributed by atoms with Crippen molar-refractivity contribution >= 4 is 11.3 Å². The minimum Gasteiger partial charge on any atom is -0.396 e. The predicted octanol–water partition coefficient (Wildman–Crippen LogP) is 2.04. The summed E-state index contributed by atoms with van der Waals surface area (Å²) < 4.78 is 0. The molecule has 0 aliphatic heterocycles. The third kappa shape index (κ3) is 4.22. The molecule has 0 aliphatic rings. The van der Waals surface area contributed by atoms with Gasteiger partial charge in [0.05, 0.1) is 0 Å². The SMILES string of the molecule is CC(CCO)NC(C)Cc1ccsc1. The summed E-state index contributed by atoms with van der Waals surface area (Å²) in [6.07, 6.45) is 1.90. The molecule has 1 rings (SSSR count). The molecule has 2 N–H and O–H groups in total. The third-order valence-electron chi connectivity index (χ3n) is 2.25. The zero-order chi connectivity index (χ0) is 10.4. The lowest BCUT2D eigenvalue weighted by Gasteiger charge is -2.18. The molecule has 0 saturated heterocycles. The fourth-order valence-electron chi connectivity index (χ4n) is 1.58. The van der Waals surface area contributed by atoms with Crippen LogP contribution in [0, 0.1) is 0 Å². The van der Waals surface area contributed by atoms with Crippen LogP contribution in [0.4, 0.5) is 0 Å². The summed E-state index contributed by atoms with van der Waals surface area (Å²) in [6.45, 7) is 4.56. The van der Waals surface area contributed by atoms with Crippen molar-refractivity contribution in [1.82, 2.24) is 5.32 Å². The largest absolute Gasteiger partial charge is 0.396 e. The Kier molecular flexibility index (Phi) is 5.15. The van der Waals surface area contributed by atoms with Crippen LogP contribution >= 0.6 is 11.3 Å². The van der Waals surface area contributed by atoms with Gasteiger partial charge in [-0.3, -0.25) is 0 Å². The van der Waals surface area contributed by atoms with Crippen LogP contribution in [0.2, 0.25) is 0 Å². The Balaban J connectivity index is 2.25. The van der Waals surface area contributed by atoms with Crippen LogP contribution in [0.15, 0.2) is 16.8 Å². The van der Waals surface area contributed by atoms with E-state index in [1.807, 2.05) is 0 Å². The molecule has 0 bridgehead atoms. The van der Waals surface area contributed by atoms with Gasteiger partial charge in [-0.15, -0.1) is 0 Å². The van der Waals surface area contributed by atoms with Gasteiger partial charge in [-0.1, -0.05) is 0 Å². The van der Waals surface area contributed by atoms with Gasteiger partial charge in [0.2, 0.25) is 0 Å². The van der Waals surface area contributed by atoms with Crippen LogP contribution in [-0.2, 0) is 6.42 Å². The summed E-state index contributed by atoms with van der Waals surface area (Å²) in [6, 6.07) is 3.04. The van der Waals surface area contributed by atoms with Gasteiger partial charge in [0.15, 0.2) is 0 Å². The number of rotatable bonds is 6.